The van der Waals surface area contributed by atoms with Crippen LogP contribution in [0.5, 0.6) is 5.75 Å². The molecule has 0 spiro atoms. The minimum Gasteiger partial charge on any atom is -0.432 e. The third-order valence-electron chi connectivity index (χ3n) is 3.82. The van der Waals surface area contributed by atoms with Gasteiger partial charge in [-0.25, -0.2) is 0 Å². The molecule has 0 aliphatic carbocycles. The summed E-state index contributed by atoms with van der Waals surface area (Å²) in [7, 11) is 0. The highest BCUT2D eigenvalue weighted by Gasteiger charge is 2.27. The first-order chi connectivity index (χ1) is 10.3. The van der Waals surface area contributed by atoms with Gasteiger partial charge in [0.15, 0.2) is 0 Å². The average molecular weight is 291 g/mol. The molecule has 1 unspecified atom stereocenters. The van der Waals surface area contributed by atoms with Crippen molar-refractivity contribution < 1.29 is 4.74 Å². The summed E-state index contributed by atoms with van der Waals surface area (Å²) in [6.45, 7) is 0. The van der Waals surface area contributed by atoms with Gasteiger partial charge in [0.05, 0.1) is 6.04 Å². The normalized spacial score (nSPS) is 17.0. The zero-order chi connectivity index (χ0) is 14.2. The van der Waals surface area contributed by atoms with Gasteiger partial charge in [-0.15, -0.1) is 0 Å². The molecule has 3 aromatic rings. The smallest absolute Gasteiger partial charge is 0.262 e. The molecule has 1 heterocycles. The van der Waals surface area contributed by atoms with Gasteiger partial charge >= 0.3 is 0 Å². The van der Waals surface area contributed by atoms with Crippen molar-refractivity contribution in [2.24, 2.45) is 0 Å². The summed E-state index contributed by atoms with van der Waals surface area (Å²) >= 11 is 5.25. The van der Waals surface area contributed by atoms with Gasteiger partial charge in [-0.2, -0.15) is 0 Å². The summed E-state index contributed by atoms with van der Waals surface area (Å²) < 4.78 is 5.71. The summed E-state index contributed by atoms with van der Waals surface area (Å²) in [5, 5.41) is 6.11. The van der Waals surface area contributed by atoms with Crippen LogP contribution in [0.3, 0.4) is 0 Å². The molecule has 3 aromatic carbocycles. The fourth-order valence-electron chi connectivity index (χ4n) is 2.88. The van der Waals surface area contributed by atoms with Gasteiger partial charge in [0.2, 0.25) is 0 Å². The molecule has 2 nitrogen and oxygen atoms in total. The minimum atomic E-state index is 0.0218. The Morgan fingerprint density at radius 3 is 2.48 bits per heavy atom. The number of benzene rings is 3. The monoisotopic (exact) mass is 291 g/mol. The van der Waals surface area contributed by atoms with Crippen LogP contribution >= 0.6 is 12.2 Å². The second-order valence-corrected chi connectivity index (χ2v) is 5.45. The lowest BCUT2D eigenvalue weighted by molar-refractivity contribution is 0.479. The third-order valence-corrected chi connectivity index (χ3v) is 4.02. The van der Waals surface area contributed by atoms with Gasteiger partial charge in [-0.3, -0.25) is 0 Å². The Hall–Kier alpha value is -2.39. The SMILES string of the molecule is S=C1NC(c2ccccc2)c2c(ccc3ccccc23)O1. The minimum absolute atomic E-state index is 0.0218. The summed E-state index contributed by atoms with van der Waals surface area (Å²) in [6.07, 6.45) is 0. The van der Waals surface area contributed by atoms with Crippen molar-refractivity contribution in [3.8, 4) is 5.75 Å². The molecule has 0 radical (unpaired) electrons. The van der Waals surface area contributed by atoms with Crippen LogP contribution < -0.4 is 10.1 Å². The number of rotatable bonds is 1. The number of nitrogens with one attached hydrogen (secondary N) is 1. The maximum Gasteiger partial charge on any atom is 0.262 e. The van der Waals surface area contributed by atoms with E-state index in [9.17, 15) is 0 Å². The molecule has 1 atom stereocenters. The molecule has 21 heavy (non-hydrogen) atoms. The Balaban J connectivity index is 2.00. The van der Waals surface area contributed by atoms with Crippen LogP contribution in [0.2, 0.25) is 0 Å². The zero-order valence-electron chi connectivity index (χ0n) is 11.2. The van der Waals surface area contributed by atoms with E-state index in [2.05, 4.69) is 41.7 Å². The molecule has 1 aliphatic heterocycles. The van der Waals surface area contributed by atoms with Gasteiger partial charge in [-0.1, -0.05) is 60.7 Å². The lowest BCUT2D eigenvalue weighted by Crippen LogP contribution is -2.36. The van der Waals surface area contributed by atoms with Crippen molar-refractivity contribution in [1.82, 2.24) is 5.32 Å². The topological polar surface area (TPSA) is 21.3 Å². The second-order valence-electron chi connectivity index (χ2n) is 5.08. The van der Waals surface area contributed by atoms with E-state index in [1.54, 1.807) is 0 Å². The third kappa shape index (κ3) is 2.06. The fourth-order valence-corrected chi connectivity index (χ4v) is 3.08. The van der Waals surface area contributed by atoms with E-state index in [0.717, 1.165) is 11.3 Å². The number of thiocarbonyl (C=S) groups is 1. The Morgan fingerprint density at radius 1 is 0.857 bits per heavy atom. The molecule has 0 saturated heterocycles. The molecule has 102 valence electrons. The summed E-state index contributed by atoms with van der Waals surface area (Å²) in [4.78, 5) is 0. The molecular formula is C18H13NOS. The van der Waals surface area contributed by atoms with Crippen LogP contribution in [0.15, 0.2) is 66.7 Å². The van der Waals surface area contributed by atoms with Crippen LogP contribution in [0.25, 0.3) is 10.8 Å². The largest absolute Gasteiger partial charge is 0.432 e. The Labute approximate surface area is 128 Å². The van der Waals surface area contributed by atoms with E-state index in [1.165, 1.54) is 16.3 Å². The van der Waals surface area contributed by atoms with E-state index >= 15 is 0 Å². The van der Waals surface area contributed by atoms with E-state index in [4.69, 9.17) is 17.0 Å². The molecule has 1 aliphatic rings. The molecule has 0 bridgehead atoms. The van der Waals surface area contributed by atoms with Crippen molar-refractivity contribution in [1.29, 1.82) is 0 Å². The van der Waals surface area contributed by atoms with Crippen molar-refractivity contribution >= 4 is 28.2 Å². The maximum absolute atomic E-state index is 5.71. The Morgan fingerprint density at radius 2 is 1.62 bits per heavy atom. The number of hydrogen-bond donors (Lipinski definition) is 1. The molecule has 4 rings (SSSR count). The van der Waals surface area contributed by atoms with E-state index < -0.39 is 0 Å². The van der Waals surface area contributed by atoms with Crippen molar-refractivity contribution in [2.75, 3.05) is 0 Å². The zero-order valence-corrected chi connectivity index (χ0v) is 12.1. The van der Waals surface area contributed by atoms with Gasteiger partial charge in [-0.05, 0) is 34.6 Å². The lowest BCUT2D eigenvalue weighted by atomic mass is 9.92. The number of fused-ring (bicyclic) bond motifs is 3. The quantitative estimate of drug-likeness (QED) is 0.679. The highest BCUT2D eigenvalue weighted by atomic mass is 32.1. The maximum atomic E-state index is 5.71. The molecule has 0 amide bonds. The molecule has 1 N–H and O–H groups in total. The van der Waals surface area contributed by atoms with Gasteiger partial charge in [0.1, 0.15) is 5.75 Å². The van der Waals surface area contributed by atoms with Crippen LogP contribution in [0.4, 0.5) is 0 Å². The Bertz CT molecular complexity index is 829. The van der Waals surface area contributed by atoms with Gasteiger partial charge < -0.3 is 10.1 Å². The standard InChI is InChI=1S/C18H13NOS/c21-18-19-17(13-7-2-1-3-8-13)16-14-9-5-4-6-12(14)10-11-15(16)20-18/h1-11,17H,(H,19,21). The second kappa shape index (κ2) is 4.86. The first-order valence-corrected chi connectivity index (χ1v) is 7.29. The summed E-state index contributed by atoms with van der Waals surface area (Å²) in [5.74, 6) is 0.839. The van der Waals surface area contributed by atoms with Crippen LogP contribution in [-0.4, -0.2) is 5.17 Å². The summed E-state index contributed by atoms with van der Waals surface area (Å²) in [6, 6.07) is 22.8. The van der Waals surface area contributed by atoms with E-state index in [1.807, 2.05) is 30.3 Å². The average Bonchev–Trinajstić information content (AvgIpc) is 2.54. The molecule has 0 fully saturated rings. The van der Waals surface area contributed by atoms with E-state index in [-0.39, 0.29) is 6.04 Å². The fraction of sp³-hybridized carbons (Fsp3) is 0.0556. The van der Waals surface area contributed by atoms with Crippen molar-refractivity contribution in [3.63, 3.8) is 0 Å². The first-order valence-electron chi connectivity index (χ1n) is 6.88. The molecule has 0 aromatic heterocycles. The number of ether oxygens (including phenoxy) is 1. The highest BCUT2D eigenvalue weighted by Crippen LogP contribution is 2.38. The first kappa shape index (κ1) is 12.4. The van der Waals surface area contributed by atoms with Crippen molar-refractivity contribution in [2.45, 2.75) is 6.04 Å². The Kier molecular flexibility index (Phi) is 2.86. The van der Waals surface area contributed by atoms with E-state index in [0.29, 0.717) is 5.17 Å². The predicted molar refractivity (Wildman–Crippen MR) is 88.6 cm³/mol. The van der Waals surface area contributed by atoms with Gasteiger partial charge in [0.25, 0.3) is 5.17 Å². The summed E-state index contributed by atoms with van der Waals surface area (Å²) in [5.41, 5.74) is 2.33. The van der Waals surface area contributed by atoms with Crippen molar-refractivity contribution in [3.05, 3.63) is 77.9 Å². The highest BCUT2D eigenvalue weighted by molar-refractivity contribution is 7.80. The molecular weight excluding hydrogens is 278 g/mol. The lowest BCUT2D eigenvalue weighted by Gasteiger charge is -2.29. The van der Waals surface area contributed by atoms with Gasteiger partial charge in [0, 0.05) is 5.56 Å². The van der Waals surface area contributed by atoms with Crippen LogP contribution in [-0.2, 0) is 0 Å². The molecule has 0 saturated carbocycles. The molecule has 3 heteroatoms. The van der Waals surface area contributed by atoms with Crippen LogP contribution in [0, 0.1) is 0 Å². The van der Waals surface area contributed by atoms with Crippen LogP contribution in [0.1, 0.15) is 17.2 Å². The number of hydrogen-bond acceptors (Lipinski definition) is 2. The predicted octanol–water partition coefficient (Wildman–Crippen LogP) is 4.20.